The van der Waals surface area contributed by atoms with Gasteiger partial charge in [-0.3, -0.25) is 14.9 Å². The molecule has 0 aliphatic rings. The molecule has 1 heterocycles. The Morgan fingerprint density at radius 2 is 1.85 bits per heavy atom. The van der Waals surface area contributed by atoms with Crippen LogP contribution in [-0.2, 0) is 13.0 Å². The maximum Gasteiger partial charge on any atom is 0.270 e. The van der Waals surface area contributed by atoms with Gasteiger partial charge >= 0.3 is 0 Å². The summed E-state index contributed by atoms with van der Waals surface area (Å²) in [5.41, 5.74) is 1.41. The van der Waals surface area contributed by atoms with Gasteiger partial charge < -0.3 is 4.90 Å². The zero-order valence-corrected chi connectivity index (χ0v) is 15.8. The Morgan fingerprint density at radius 3 is 2.52 bits per heavy atom. The van der Waals surface area contributed by atoms with E-state index in [0.717, 1.165) is 16.9 Å². The number of nitro benzene ring substituents is 1. The molecule has 0 N–H and O–H groups in total. The number of hydrogen-bond acceptors (Lipinski definition) is 4. The molecule has 27 heavy (non-hydrogen) atoms. The van der Waals surface area contributed by atoms with Crippen LogP contribution in [0.5, 0.6) is 0 Å². The summed E-state index contributed by atoms with van der Waals surface area (Å²) < 4.78 is 0. The van der Waals surface area contributed by atoms with Crippen LogP contribution in [-0.4, -0.2) is 22.3 Å². The number of benzene rings is 2. The third-order valence-corrected chi connectivity index (χ3v) is 5.23. The number of carbonyl (C=O) groups is 1. The lowest BCUT2D eigenvalue weighted by Gasteiger charge is -2.22. The lowest BCUT2D eigenvalue weighted by molar-refractivity contribution is -0.384. The minimum absolute atomic E-state index is 0.0733. The lowest BCUT2D eigenvalue weighted by Crippen LogP contribution is -2.32. The molecule has 0 saturated heterocycles. The third kappa shape index (κ3) is 5.01. The van der Waals surface area contributed by atoms with Crippen LogP contribution in [0.3, 0.4) is 0 Å². The molecule has 5 nitrogen and oxygen atoms in total. The number of aryl methyl sites for hydroxylation is 1. The van der Waals surface area contributed by atoms with E-state index in [2.05, 4.69) is 0 Å². The number of amides is 1. The molecule has 3 rings (SSSR count). The van der Waals surface area contributed by atoms with E-state index in [9.17, 15) is 14.9 Å². The molecule has 0 saturated carbocycles. The van der Waals surface area contributed by atoms with Gasteiger partial charge in [0.05, 0.1) is 11.5 Å². The first-order chi connectivity index (χ1) is 13.0. The number of nitrogens with zero attached hydrogens (tertiary/aromatic N) is 2. The summed E-state index contributed by atoms with van der Waals surface area (Å²) in [4.78, 5) is 27.7. The largest absolute Gasteiger partial charge is 0.333 e. The topological polar surface area (TPSA) is 63.5 Å². The first-order valence-corrected chi connectivity index (χ1v) is 9.47. The van der Waals surface area contributed by atoms with Crippen LogP contribution in [0.1, 0.15) is 25.7 Å². The van der Waals surface area contributed by atoms with Crippen molar-refractivity contribution in [2.75, 3.05) is 6.54 Å². The van der Waals surface area contributed by atoms with Crippen molar-refractivity contribution in [2.24, 2.45) is 0 Å². The summed E-state index contributed by atoms with van der Waals surface area (Å²) in [5, 5.41) is 11.0. The summed E-state index contributed by atoms with van der Waals surface area (Å²) in [6.45, 7) is 3.07. The highest BCUT2D eigenvalue weighted by molar-refractivity contribution is 7.11. The van der Waals surface area contributed by atoms with Crippen LogP contribution in [0, 0.1) is 17.0 Å². The molecule has 0 radical (unpaired) electrons. The Kier molecular flexibility index (Phi) is 5.98. The van der Waals surface area contributed by atoms with E-state index in [4.69, 9.17) is 0 Å². The summed E-state index contributed by atoms with van der Waals surface area (Å²) >= 11 is 1.66. The van der Waals surface area contributed by atoms with E-state index in [-0.39, 0.29) is 11.6 Å². The maximum atomic E-state index is 13.1. The van der Waals surface area contributed by atoms with Gasteiger partial charge in [0.2, 0.25) is 0 Å². The van der Waals surface area contributed by atoms with Crippen LogP contribution >= 0.6 is 11.3 Å². The smallest absolute Gasteiger partial charge is 0.270 e. The zero-order chi connectivity index (χ0) is 19.2. The highest BCUT2D eigenvalue weighted by atomic mass is 32.1. The van der Waals surface area contributed by atoms with Crippen molar-refractivity contribution in [3.63, 3.8) is 0 Å². The van der Waals surface area contributed by atoms with Gasteiger partial charge in [-0.15, -0.1) is 11.3 Å². The molecule has 0 aliphatic heterocycles. The van der Waals surface area contributed by atoms with Gasteiger partial charge in [-0.25, -0.2) is 0 Å². The minimum Gasteiger partial charge on any atom is -0.333 e. The molecule has 1 amide bonds. The van der Waals surface area contributed by atoms with Crippen molar-refractivity contribution in [1.82, 2.24) is 4.90 Å². The van der Waals surface area contributed by atoms with Gasteiger partial charge in [0.15, 0.2) is 0 Å². The second-order valence-electron chi connectivity index (χ2n) is 6.28. The summed E-state index contributed by atoms with van der Waals surface area (Å²) in [6.07, 6.45) is 0.728. The molecule has 0 fully saturated rings. The van der Waals surface area contributed by atoms with Gasteiger partial charge in [0.25, 0.3) is 11.6 Å². The van der Waals surface area contributed by atoms with Gasteiger partial charge in [-0.1, -0.05) is 36.4 Å². The molecule has 0 bridgehead atoms. The molecule has 0 aliphatic carbocycles. The van der Waals surface area contributed by atoms with Gasteiger partial charge in [-0.2, -0.15) is 0 Å². The fourth-order valence-electron chi connectivity index (χ4n) is 2.85. The molecule has 6 heteroatoms. The van der Waals surface area contributed by atoms with Crippen molar-refractivity contribution < 1.29 is 9.72 Å². The van der Waals surface area contributed by atoms with E-state index in [0.29, 0.717) is 18.7 Å². The Bertz CT molecular complexity index is 937. The standard InChI is InChI=1S/C21H20N2O3S/c1-16-10-11-20(27-16)15-22(13-12-17-6-3-2-4-7-17)21(24)18-8-5-9-19(14-18)23(25)26/h2-11,14H,12-13,15H2,1H3. The van der Waals surface area contributed by atoms with Gasteiger partial charge in [0, 0.05) is 34.0 Å². The van der Waals surface area contributed by atoms with Crippen molar-refractivity contribution in [3.8, 4) is 0 Å². The number of non-ortho nitro benzene ring substituents is 1. The average Bonchev–Trinajstić information content (AvgIpc) is 3.10. The number of nitro groups is 1. The molecular formula is C21H20N2O3S. The summed E-state index contributed by atoms with van der Waals surface area (Å²) in [7, 11) is 0. The molecule has 138 valence electrons. The maximum absolute atomic E-state index is 13.1. The monoisotopic (exact) mass is 380 g/mol. The van der Waals surface area contributed by atoms with Crippen molar-refractivity contribution in [2.45, 2.75) is 19.9 Å². The van der Waals surface area contributed by atoms with Crippen LogP contribution in [0.4, 0.5) is 5.69 Å². The molecule has 2 aromatic carbocycles. The van der Waals surface area contributed by atoms with E-state index >= 15 is 0 Å². The molecule has 0 spiro atoms. The van der Waals surface area contributed by atoms with E-state index in [1.54, 1.807) is 28.4 Å². The van der Waals surface area contributed by atoms with Crippen LogP contribution in [0.15, 0.2) is 66.7 Å². The highest BCUT2D eigenvalue weighted by Gasteiger charge is 2.19. The van der Waals surface area contributed by atoms with Gasteiger partial charge in [-0.05, 0) is 37.1 Å². The Labute approximate surface area is 162 Å². The SMILES string of the molecule is Cc1ccc(CN(CCc2ccccc2)C(=O)c2cccc([N+](=O)[O-])c2)s1. The number of rotatable bonds is 7. The minimum atomic E-state index is -0.478. The van der Waals surface area contributed by atoms with Crippen molar-refractivity contribution >= 4 is 22.9 Å². The Hall–Kier alpha value is -2.99. The Morgan fingerprint density at radius 1 is 1.07 bits per heavy atom. The fraction of sp³-hybridized carbons (Fsp3) is 0.190. The number of thiophene rings is 1. The second kappa shape index (κ2) is 8.60. The molecule has 1 aromatic heterocycles. The van der Waals surface area contributed by atoms with E-state index < -0.39 is 4.92 Å². The van der Waals surface area contributed by atoms with Crippen LogP contribution in [0.25, 0.3) is 0 Å². The predicted octanol–water partition coefficient (Wildman–Crippen LogP) is 4.85. The highest BCUT2D eigenvalue weighted by Crippen LogP contribution is 2.20. The number of carbonyl (C=O) groups excluding carboxylic acids is 1. The third-order valence-electron chi connectivity index (χ3n) is 4.25. The predicted molar refractivity (Wildman–Crippen MR) is 107 cm³/mol. The molecule has 0 atom stereocenters. The van der Waals surface area contributed by atoms with E-state index in [1.165, 1.54) is 17.0 Å². The summed E-state index contributed by atoms with van der Waals surface area (Å²) in [6, 6.07) is 20.0. The zero-order valence-electron chi connectivity index (χ0n) is 15.0. The molecule has 0 unspecified atom stereocenters. The van der Waals surface area contributed by atoms with Crippen LogP contribution in [0.2, 0.25) is 0 Å². The normalized spacial score (nSPS) is 10.6. The first kappa shape index (κ1) is 18.8. The molecule has 3 aromatic rings. The summed E-state index contributed by atoms with van der Waals surface area (Å²) in [5.74, 6) is -0.194. The van der Waals surface area contributed by atoms with E-state index in [1.807, 2.05) is 49.4 Å². The lowest BCUT2D eigenvalue weighted by atomic mass is 10.1. The second-order valence-corrected chi connectivity index (χ2v) is 7.65. The fourth-order valence-corrected chi connectivity index (χ4v) is 3.76. The number of hydrogen-bond donors (Lipinski definition) is 0. The van der Waals surface area contributed by atoms with Gasteiger partial charge in [0.1, 0.15) is 0 Å². The Balaban J connectivity index is 1.82. The quantitative estimate of drug-likeness (QED) is 0.435. The van der Waals surface area contributed by atoms with Crippen molar-refractivity contribution in [3.05, 3.63) is 97.7 Å². The van der Waals surface area contributed by atoms with Crippen molar-refractivity contribution in [1.29, 1.82) is 0 Å². The first-order valence-electron chi connectivity index (χ1n) is 8.66. The van der Waals surface area contributed by atoms with Crippen LogP contribution < -0.4 is 0 Å². The average molecular weight is 380 g/mol. The molecular weight excluding hydrogens is 360 g/mol.